The molecule has 0 radical (unpaired) electrons. The number of ketones is 1. The predicted octanol–water partition coefficient (Wildman–Crippen LogP) is 6.23. The van der Waals surface area contributed by atoms with Crippen LogP contribution in [0.3, 0.4) is 0 Å². The fraction of sp³-hybridized carbons (Fsp3) is 0.160. The summed E-state index contributed by atoms with van der Waals surface area (Å²) in [4.78, 5) is 46.4. The summed E-state index contributed by atoms with van der Waals surface area (Å²) >= 11 is 11.7. The standard InChI is InChI=1S/C25H20Cl2N2O7/c26-21-13-6-17(14-22(21)27)28-24(31)2-1-3-25(32)35-15-23(30)16-4-9-19(10-5-16)36-20-11-7-18(8-12-20)29(33)34/h4-14H,1-3,15H2,(H,28,31). The van der Waals surface area contributed by atoms with Crippen molar-refractivity contribution < 1.29 is 28.8 Å². The Morgan fingerprint density at radius 2 is 1.50 bits per heavy atom. The Bertz CT molecular complexity index is 1260. The maximum atomic E-state index is 12.3. The molecule has 11 heteroatoms. The first kappa shape index (κ1) is 26.7. The summed E-state index contributed by atoms with van der Waals surface area (Å²) in [5.74, 6) is -0.462. The van der Waals surface area contributed by atoms with Gasteiger partial charge in [0.25, 0.3) is 5.69 Å². The van der Waals surface area contributed by atoms with Gasteiger partial charge in [-0.05, 0) is 61.0 Å². The number of ether oxygens (including phenoxy) is 2. The number of Topliss-reactive ketones (excluding diaryl/α,β-unsaturated/α-hetero) is 1. The average Bonchev–Trinajstić information content (AvgIpc) is 2.85. The first-order valence-corrected chi connectivity index (χ1v) is 11.4. The van der Waals surface area contributed by atoms with Gasteiger partial charge >= 0.3 is 5.97 Å². The third-order valence-corrected chi connectivity index (χ3v) is 5.55. The molecule has 0 spiro atoms. The van der Waals surface area contributed by atoms with Crippen LogP contribution in [0.2, 0.25) is 10.0 Å². The second-order valence-corrected chi connectivity index (χ2v) is 8.31. The highest BCUT2D eigenvalue weighted by Gasteiger charge is 2.12. The topological polar surface area (TPSA) is 125 Å². The van der Waals surface area contributed by atoms with E-state index in [2.05, 4.69) is 5.32 Å². The Morgan fingerprint density at radius 3 is 2.11 bits per heavy atom. The molecule has 3 rings (SSSR count). The van der Waals surface area contributed by atoms with Crippen molar-refractivity contribution in [3.8, 4) is 11.5 Å². The zero-order chi connectivity index (χ0) is 26.1. The molecule has 0 aromatic heterocycles. The monoisotopic (exact) mass is 530 g/mol. The molecule has 1 N–H and O–H groups in total. The van der Waals surface area contributed by atoms with Gasteiger partial charge in [-0.3, -0.25) is 24.5 Å². The van der Waals surface area contributed by atoms with E-state index in [1.807, 2.05) is 0 Å². The molecule has 0 fully saturated rings. The van der Waals surface area contributed by atoms with Crippen LogP contribution in [0.5, 0.6) is 11.5 Å². The Labute approximate surface area is 216 Å². The molecule has 0 bridgehead atoms. The maximum Gasteiger partial charge on any atom is 0.306 e. The molecule has 0 aliphatic rings. The molecule has 9 nitrogen and oxygen atoms in total. The van der Waals surface area contributed by atoms with Crippen LogP contribution < -0.4 is 10.1 Å². The number of non-ortho nitro benzene ring substituents is 1. The molecule has 186 valence electrons. The molecule has 0 saturated heterocycles. The number of hydrogen-bond donors (Lipinski definition) is 1. The first-order chi connectivity index (χ1) is 17.2. The quantitative estimate of drug-likeness (QED) is 0.135. The summed E-state index contributed by atoms with van der Waals surface area (Å²) in [6.45, 7) is -0.434. The van der Waals surface area contributed by atoms with E-state index in [0.717, 1.165) is 0 Å². The van der Waals surface area contributed by atoms with Gasteiger partial charge in [0.2, 0.25) is 5.91 Å². The van der Waals surface area contributed by atoms with Gasteiger partial charge in [0.1, 0.15) is 11.5 Å². The first-order valence-electron chi connectivity index (χ1n) is 10.7. The van der Waals surface area contributed by atoms with Crippen LogP contribution in [0, 0.1) is 10.1 Å². The summed E-state index contributed by atoms with van der Waals surface area (Å²) in [6, 6.07) is 16.4. The molecular formula is C25H20Cl2N2O7. The van der Waals surface area contributed by atoms with Crippen LogP contribution in [-0.2, 0) is 14.3 Å². The van der Waals surface area contributed by atoms with Crippen LogP contribution in [0.4, 0.5) is 11.4 Å². The number of benzene rings is 3. The molecule has 1 amide bonds. The Morgan fingerprint density at radius 1 is 0.861 bits per heavy atom. The van der Waals surface area contributed by atoms with Crippen molar-refractivity contribution in [2.24, 2.45) is 0 Å². The number of carbonyl (C=O) groups excluding carboxylic acids is 3. The summed E-state index contributed by atoms with van der Waals surface area (Å²) < 4.78 is 10.6. The van der Waals surface area contributed by atoms with Gasteiger partial charge in [-0.25, -0.2) is 0 Å². The minimum absolute atomic E-state index is 0.0237. The van der Waals surface area contributed by atoms with Gasteiger partial charge < -0.3 is 14.8 Å². The number of esters is 1. The third kappa shape index (κ3) is 8.07. The van der Waals surface area contributed by atoms with Crippen LogP contribution in [0.25, 0.3) is 0 Å². The van der Waals surface area contributed by atoms with Crippen molar-refractivity contribution in [2.75, 3.05) is 11.9 Å². The van der Waals surface area contributed by atoms with Crippen LogP contribution in [0.15, 0.2) is 66.7 Å². The lowest BCUT2D eigenvalue weighted by atomic mass is 10.1. The van der Waals surface area contributed by atoms with Crippen LogP contribution in [0.1, 0.15) is 29.6 Å². The van der Waals surface area contributed by atoms with Gasteiger partial charge in [0.05, 0.1) is 15.0 Å². The number of anilines is 1. The molecule has 0 saturated carbocycles. The van der Waals surface area contributed by atoms with Gasteiger partial charge in [0, 0.05) is 36.2 Å². The molecule has 0 aliphatic carbocycles. The fourth-order valence-corrected chi connectivity index (χ4v) is 3.27. The molecular weight excluding hydrogens is 511 g/mol. The highest BCUT2D eigenvalue weighted by Crippen LogP contribution is 2.26. The van der Waals surface area contributed by atoms with E-state index in [9.17, 15) is 24.5 Å². The lowest BCUT2D eigenvalue weighted by Gasteiger charge is -2.08. The van der Waals surface area contributed by atoms with Crippen molar-refractivity contribution in [1.29, 1.82) is 0 Å². The number of rotatable bonds is 11. The summed E-state index contributed by atoms with van der Waals surface area (Å²) in [5.41, 5.74) is 0.760. The number of nitrogens with zero attached hydrogens (tertiary/aromatic N) is 1. The Balaban J connectivity index is 1.38. The SMILES string of the molecule is O=C(CCCC(=O)OCC(=O)c1ccc(Oc2ccc([N+](=O)[O-])cc2)cc1)Nc1ccc(Cl)c(Cl)c1. The molecule has 3 aromatic rings. The highest BCUT2D eigenvalue weighted by molar-refractivity contribution is 6.42. The van der Waals surface area contributed by atoms with E-state index in [-0.39, 0.29) is 30.9 Å². The Kier molecular flexibility index (Phi) is 9.38. The minimum Gasteiger partial charge on any atom is -0.457 e. The number of halogens is 2. The van der Waals surface area contributed by atoms with Gasteiger partial charge in [-0.15, -0.1) is 0 Å². The van der Waals surface area contributed by atoms with E-state index in [1.165, 1.54) is 42.5 Å². The number of amides is 1. The number of carbonyl (C=O) groups is 3. The number of nitro groups is 1. The predicted molar refractivity (Wildman–Crippen MR) is 134 cm³/mol. The smallest absolute Gasteiger partial charge is 0.306 e. The van der Waals surface area contributed by atoms with E-state index in [1.54, 1.807) is 24.3 Å². The summed E-state index contributed by atoms with van der Waals surface area (Å²) in [7, 11) is 0. The molecule has 0 heterocycles. The normalized spacial score (nSPS) is 10.4. The largest absolute Gasteiger partial charge is 0.457 e. The number of nitrogens with one attached hydrogen (secondary N) is 1. The van der Waals surface area contributed by atoms with E-state index >= 15 is 0 Å². The average molecular weight is 531 g/mol. The number of hydrogen-bond acceptors (Lipinski definition) is 7. The van der Waals surface area contributed by atoms with Crippen molar-refractivity contribution in [3.05, 3.63) is 92.5 Å². The molecule has 36 heavy (non-hydrogen) atoms. The van der Waals surface area contributed by atoms with Crippen molar-refractivity contribution >= 4 is 52.2 Å². The summed E-state index contributed by atoms with van der Waals surface area (Å²) in [5, 5.41) is 14.0. The second kappa shape index (κ2) is 12.7. The molecule has 0 aliphatic heterocycles. The highest BCUT2D eigenvalue weighted by atomic mass is 35.5. The lowest BCUT2D eigenvalue weighted by Crippen LogP contribution is -2.15. The third-order valence-electron chi connectivity index (χ3n) is 4.81. The van der Waals surface area contributed by atoms with E-state index in [4.69, 9.17) is 32.7 Å². The Hall–Kier alpha value is -3.95. The maximum absolute atomic E-state index is 12.3. The second-order valence-electron chi connectivity index (χ2n) is 7.49. The van der Waals surface area contributed by atoms with E-state index < -0.39 is 23.3 Å². The van der Waals surface area contributed by atoms with Crippen molar-refractivity contribution in [1.82, 2.24) is 0 Å². The molecule has 0 atom stereocenters. The molecule has 3 aromatic carbocycles. The zero-order valence-corrected chi connectivity index (χ0v) is 20.3. The fourth-order valence-electron chi connectivity index (χ4n) is 2.97. The van der Waals surface area contributed by atoms with Gasteiger partial charge in [-0.2, -0.15) is 0 Å². The number of nitro benzene ring substituents is 1. The van der Waals surface area contributed by atoms with Crippen LogP contribution in [-0.4, -0.2) is 29.2 Å². The van der Waals surface area contributed by atoms with E-state index in [0.29, 0.717) is 32.8 Å². The lowest BCUT2D eigenvalue weighted by molar-refractivity contribution is -0.384. The van der Waals surface area contributed by atoms with Crippen LogP contribution >= 0.6 is 23.2 Å². The van der Waals surface area contributed by atoms with Gasteiger partial charge in [-0.1, -0.05) is 23.2 Å². The van der Waals surface area contributed by atoms with Crippen molar-refractivity contribution in [2.45, 2.75) is 19.3 Å². The van der Waals surface area contributed by atoms with Gasteiger partial charge in [0.15, 0.2) is 12.4 Å². The van der Waals surface area contributed by atoms with Crippen molar-refractivity contribution in [3.63, 3.8) is 0 Å². The summed E-state index contributed by atoms with van der Waals surface area (Å²) in [6.07, 6.45) is 0.304. The molecule has 0 unspecified atom stereocenters. The zero-order valence-electron chi connectivity index (χ0n) is 18.7. The minimum atomic E-state index is -0.594.